The third-order valence-corrected chi connectivity index (χ3v) is 5.04. The molecule has 2 aromatic rings. The smallest absolute Gasteiger partial charge is 0.294 e. The molecule has 6 nitrogen and oxygen atoms in total. The first-order chi connectivity index (χ1) is 11.8. The zero-order valence-electron chi connectivity index (χ0n) is 12.6. The minimum absolute atomic E-state index is 0.00670. The number of nitriles is 1. The zero-order chi connectivity index (χ0) is 18.2. The Kier molecular flexibility index (Phi) is 4.69. The molecule has 1 aliphatic heterocycles. The van der Waals surface area contributed by atoms with Crippen LogP contribution in [0, 0.1) is 17.1 Å². The number of halogens is 2. The van der Waals surface area contributed by atoms with E-state index in [9.17, 15) is 17.4 Å². The van der Waals surface area contributed by atoms with Gasteiger partial charge >= 0.3 is 0 Å². The lowest BCUT2D eigenvalue weighted by Crippen LogP contribution is -2.32. The topological polar surface area (TPSA) is 96.6 Å². The second-order valence-electron chi connectivity index (χ2n) is 5.38. The lowest BCUT2D eigenvalue weighted by atomic mass is 10.1. The molecular formula is C16H11BrFNO5S. The van der Waals surface area contributed by atoms with Crippen LogP contribution in [0.5, 0.6) is 11.5 Å². The molecule has 0 bridgehead atoms. The van der Waals surface area contributed by atoms with Crippen molar-refractivity contribution in [3.05, 3.63) is 51.7 Å². The van der Waals surface area contributed by atoms with E-state index < -0.39 is 22.0 Å². The summed E-state index contributed by atoms with van der Waals surface area (Å²) in [7, 11) is -4.40. The van der Waals surface area contributed by atoms with E-state index in [1.807, 2.05) is 6.07 Å². The van der Waals surface area contributed by atoms with Crippen molar-refractivity contribution >= 4 is 26.0 Å². The summed E-state index contributed by atoms with van der Waals surface area (Å²) < 4.78 is 57.9. The molecule has 1 atom stereocenters. The summed E-state index contributed by atoms with van der Waals surface area (Å²) in [5.74, 6) is -0.704. The van der Waals surface area contributed by atoms with Gasteiger partial charge in [0.05, 0.1) is 16.5 Å². The molecule has 0 radical (unpaired) electrons. The fourth-order valence-corrected chi connectivity index (χ4v) is 3.68. The van der Waals surface area contributed by atoms with Gasteiger partial charge in [-0.15, -0.1) is 0 Å². The van der Waals surface area contributed by atoms with Gasteiger partial charge in [-0.25, -0.2) is 4.39 Å². The van der Waals surface area contributed by atoms with Gasteiger partial charge in [-0.1, -0.05) is 15.9 Å². The van der Waals surface area contributed by atoms with Gasteiger partial charge in [-0.05, 0) is 29.8 Å². The molecule has 0 fully saturated rings. The summed E-state index contributed by atoms with van der Waals surface area (Å²) in [6.45, 7) is -0.00670. The summed E-state index contributed by atoms with van der Waals surface area (Å²) in [5, 5.41) is 8.91. The summed E-state index contributed by atoms with van der Waals surface area (Å²) >= 11 is 3.25. The van der Waals surface area contributed by atoms with Crippen molar-refractivity contribution in [1.82, 2.24) is 0 Å². The van der Waals surface area contributed by atoms with Gasteiger partial charge in [0.1, 0.15) is 12.7 Å². The molecule has 0 aliphatic carbocycles. The van der Waals surface area contributed by atoms with Crippen LogP contribution in [0.1, 0.15) is 11.1 Å². The molecule has 0 saturated heterocycles. The number of rotatable bonds is 3. The third kappa shape index (κ3) is 3.76. The first-order valence-corrected chi connectivity index (χ1v) is 9.30. The maximum absolute atomic E-state index is 13.9. The Hall–Kier alpha value is -2.15. The summed E-state index contributed by atoms with van der Waals surface area (Å²) in [5.41, 5.74) is 0.410. The van der Waals surface area contributed by atoms with Crippen LogP contribution in [0.2, 0.25) is 0 Å². The van der Waals surface area contributed by atoms with Gasteiger partial charge in [-0.2, -0.15) is 13.7 Å². The van der Waals surface area contributed by atoms with Crippen LogP contribution < -0.4 is 9.47 Å². The maximum Gasteiger partial charge on any atom is 0.294 e. The van der Waals surface area contributed by atoms with E-state index in [0.29, 0.717) is 10.0 Å². The molecule has 1 aliphatic rings. The number of ether oxygens (including phenoxy) is 2. The summed E-state index contributed by atoms with van der Waals surface area (Å²) in [6.07, 6.45) is -0.512. The van der Waals surface area contributed by atoms with Gasteiger partial charge in [0.2, 0.25) is 0 Å². The van der Waals surface area contributed by atoms with Crippen molar-refractivity contribution in [2.75, 3.05) is 6.61 Å². The predicted octanol–water partition coefficient (Wildman–Crippen LogP) is 3.09. The molecule has 25 heavy (non-hydrogen) atoms. The van der Waals surface area contributed by atoms with E-state index in [-0.39, 0.29) is 35.0 Å². The van der Waals surface area contributed by atoms with E-state index in [1.54, 1.807) is 6.07 Å². The van der Waals surface area contributed by atoms with Gasteiger partial charge in [0, 0.05) is 17.0 Å². The van der Waals surface area contributed by atoms with Crippen LogP contribution in [0.15, 0.2) is 39.7 Å². The third-order valence-electron chi connectivity index (χ3n) is 3.59. The van der Waals surface area contributed by atoms with Crippen molar-refractivity contribution < 1.29 is 26.8 Å². The fourth-order valence-electron chi connectivity index (χ4n) is 2.56. The second-order valence-corrected chi connectivity index (χ2v) is 7.68. The van der Waals surface area contributed by atoms with Crippen molar-refractivity contribution in [2.24, 2.45) is 0 Å². The van der Waals surface area contributed by atoms with Crippen molar-refractivity contribution in [2.45, 2.75) is 17.4 Å². The predicted molar refractivity (Wildman–Crippen MR) is 88.7 cm³/mol. The molecule has 2 aromatic carbocycles. The first kappa shape index (κ1) is 17.7. The molecular weight excluding hydrogens is 417 g/mol. The second kappa shape index (κ2) is 6.63. The van der Waals surface area contributed by atoms with E-state index in [2.05, 4.69) is 15.9 Å². The number of benzene rings is 2. The molecule has 1 heterocycles. The highest BCUT2D eigenvalue weighted by molar-refractivity contribution is 9.10. The van der Waals surface area contributed by atoms with Gasteiger partial charge in [0.25, 0.3) is 10.1 Å². The van der Waals surface area contributed by atoms with Crippen LogP contribution in [-0.2, 0) is 16.5 Å². The molecule has 0 unspecified atom stereocenters. The largest absolute Gasteiger partial charge is 0.483 e. The average Bonchev–Trinajstić information content (AvgIpc) is 2.53. The molecule has 0 spiro atoms. The van der Waals surface area contributed by atoms with Crippen molar-refractivity contribution in [3.8, 4) is 17.6 Å². The molecule has 0 amide bonds. The highest BCUT2D eigenvalue weighted by Crippen LogP contribution is 2.36. The van der Waals surface area contributed by atoms with Crippen LogP contribution in [0.3, 0.4) is 0 Å². The lowest BCUT2D eigenvalue weighted by molar-refractivity contribution is 0.0865. The minimum atomic E-state index is -4.40. The number of fused-ring (bicyclic) bond motifs is 1. The minimum Gasteiger partial charge on any atom is -0.483 e. The Balaban J connectivity index is 1.91. The first-order valence-electron chi connectivity index (χ1n) is 7.07. The standard InChI is InChI=1S/C16H11BrFNO5S/c17-11-1-2-15(25(20,21)22)10(5-11)6-12-8-23-16-13(18)3-9(7-19)4-14(16)24-12/h1-5,12H,6,8H2,(H,20,21,22)/t12-/m1/s1. The van der Waals surface area contributed by atoms with E-state index in [0.717, 1.165) is 6.07 Å². The summed E-state index contributed by atoms with van der Waals surface area (Å²) in [6, 6.07) is 8.55. The van der Waals surface area contributed by atoms with Crippen LogP contribution in [0.25, 0.3) is 0 Å². The Labute approximate surface area is 151 Å². The van der Waals surface area contributed by atoms with Gasteiger partial charge in [0.15, 0.2) is 17.3 Å². The molecule has 3 rings (SSSR count). The van der Waals surface area contributed by atoms with Gasteiger partial charge < -0.3 is 9.47 Å². The molecule has 130 valence electrons. The Morgan fingerprint density at radius 1 is 1.36 bits per heavy atom. The van der Waals surface area contributed by atoms with Gasteiger partial charge in [-0.3, -0.25) is 4.55 Å². The molecule has 0 aromatic heterocycles. The van der Waals surface area contributed by atoms with Crippen LogP contribution >= 0.6 is 15.9 Å². The normalized spacial score (nSPS) is 16.3. The molecule has 0 saturated carbocycles. The van der Waals surface area contributed by atoms with Crippen LogP contribution in [-0.4, -0.2) is 25.7 Å². The SMILES string of the molecule is N#Cc1cc(F)c2c(c1)O[C@H](Cc1cc(Br)ccc1S(=O)(=O)O)CO2. The van der Waals surface area contributed by atoms with Crippen molar-refractivity contribution in [1.29, 1.82) is 5.26 Å². The summed E-state index contributed by atoms with van der Waals surface area (Å²) in [4.78, 5) is -0.234. The highest BCUT2D eigenvalue weighted by Gasteiger charge is 2.27. The van der Waals surface area contributed by atoms with E-state index >= 15 is 0 Å². The number of hydrogen-bond acceptors (Lipinski definition) is 5. The molecule has 1 N–H and O–H groups in total. The quantitative estimate of drug-likeness (QED) is 0.755. The Morgan fingerprint density at radius 2 is 2.12 bits per heavy atom. The van der Waals surface area contributed by atoms with Crippen LogP contribution in [0.4, 0.5) is 4.39 Å². The molecule has 9 heteroatoms. The highest BCUT2D eigenvalue weighted by atomic mass is 79.9. The monoisotopic (exact) mass is 427 g/mol. The maximum atomic E-state index is 13.9. The average molecular weight is 428 g/mol. The Bertz CT molecular complexity index is 987. The lowest BCUT2D eigenvalue weighted by Gasteiger charge is -2.27. The zero-order valence-corrected chi connectivity index (χ0v) is 15.0. The van der Waals surface area contributed by atoms with E-state index in [1.165, 1.54) is 18.2 Å². The number of nitrogens with zero attached hydrogens (tertiary/aromatic N) is 1. The Morgan fingerprint density at radius 3 is 2.80 bits per heavy atom. The fraction of sp³-hybridized carbons (Fsp3) is 0.188. The number of hydrogen-bond donors (Lipinski definition) is 1. The van der Waals surface area contributed by atoms with E-state index in [4.69, 9.17) is 14.7 Å². The van der Waals surface area contributed by atoms with Crippen molar-refractivity contribution in [3.63, 3.8) is 0 Å².